The Morgan fingerprint density at radius 3 is 1.50 bits per heavy atom. The molecule has 0 fully saturated rings. The Hall–Kier alpha value is -0.580. The van der Waals surface area contributed by atoms with Gasteiger partial charge in [0, 0.05) is 12.8 Å². The monoisotopic (exact) mass is 333 g/mol. The maximum Gasteiger partial charge on any atom is 0.396 e. The van der Waals surface area contributed by atoms with E-state index in [0.29, 0.717) is 0 Å². The second-order valence-corrected chi connectivity index (χ2v) is 5.63. The lowest BCUT2D eigenvalue weighted by molar-refractivity contribution is -0.165. The summed E-state index contributed by atoms with van der Waals surface area (Å²) in [6, 6.07) is 0. The van der Waals surface area contributed by atoms with Gasteiger partial charge in [0.1, 0.15) is 0 Å². The van der Waals surface area contributed by atoms with Crippen molar-refractivity contribution in [3.8, 4) is 0 Å². The molecule has 0 atom stereocenters. The minimum Gasteiger partial charge on any atom is -0.743 e. The predicted octanol–water partition coefficient (Wildman–Crippen LogP) is 3.66. The molecule has 11 heteroatoms. The van der Waals surface area contributed by atoms with Gasteiger partial charge in [-0.3, -0.25) is 0 Å². The van der Waals surface area contributed by atoms with Crippen LogP contribution in [0.2, 0.25) is 0 Å². The van der Waals surface area contributed by atoms with Crippen molar-refractivity contribution in [1.82, 2.24) is 0 Å². The summed E-state index contributed by atoms with van der Waals surface area (Å²) in [7, 11) is -6.51. The SMILES string of the molecule is O=S(=O)([O-])C(F)(F)C(F)(F)CCCCCCC(F)(F)F. The molecule has 0 aliphatic rings. The Morgan fingerprint density at radius 2 is 1.15 bits per heavy atom. The van der Waals surface area contributed by atoms with E-state index in [2.05, 4.69) is 0 Å². The Labute approximate surface area is 110 Å². The van der Waals surface area contributed by atoms with Gasteiger partial charge < -0.3 is 4.55 Å². The number of hydrogen-bond donors (Lipinski definition) is 0. The zero-order chi connectivity index (χ0) is 16.2. The maximum absolute atomic E-state index is 12.9. The Bertz CT molecular complexity index is 402. The standard InChI is InChI=1S/C9H13F7O3S/c10-7(11,9(15,16)20(17,18)19)5-3-1-2-4-6-8(12,13)14/h1-6H2,(H,17,18,19)/p-1. The van der Waals surface area contributed by atoms with Gasteiger partial charge in [0.05, 0.1) is 0 Å². The molecule has 0 aromatic heterocycles. The lowest BCUT2D eigenvalue weighted by atomic mass is 10.1. The van der Waals surface area contributed by atoms with Crippen LogP contribution in [0.15, 0.2) is 0 Å². The van der Waals surface area contributed by atoms with Gasteiger partial charge in [0.15, 0.2) is 10.1 Å². The van der Waals surface area contributed by atoms with E-state index in [9.17, 15) is 43.7 Å². The van der Waals surface area contributed by atoms with Gasteiger partial charge in [-0.25, -0.2) is 8.42 Å². The van der Waals surface area contributed by atoms with Crippen LogP contribution in [0.4, 0.5) is 30.7 Å². The molecule has 0 amide bonds. The van der Waals surface area contributed by atoms with E-state index in [4.69, 9.17) is 0 Å². The fourth-order valence-electron chi connectivity index (χ4n) is 1.35. The number of unbranched alkanes of at least 4 members (excludes halogenated alkanes) is 3. The van der Waals surface area contributed by atoms with E-state index < -0.39 is 46.7 Å². The van der Waals surface area contributed by atoms with Crippen molar-refractivity contribution in [1.29, 1.82) is 0 Å². The quantitative estimate of drug-likeness (QED) is 0.387. The first-order valence-electron chi connectivity index (χ1n) is 5.48. The van der Waals surface area contributed by atoms with E-state index in [1.165, 1.54) is 0 Å². The normalized spacial score (nSPS) is 14.6. The third-order valence-corrected chi connectivity index (χ3v) is 3.37. The van der Waals surface area contributed by atoms with Crippen LogP contribution in [-0.2, 0) is 10.1 Å². The van der Waals surface area contributed by atoms with Crippen LogP contribution in [0.3, 0.4) is 0 Å². The molecule has 0 heterocycles. The maximum atomic E-state index is 12.9. The lowest BCUT2D eigenvalue weighted by Gasteiger charge is -2.28. The molecule has 0 aromatic rings. The fourth-order valence-corrected chi connectivity index (χ4v) is 1.82. The molecular weight excluding hydrogens is 321 g/mol. The average molecular weight is 333 g/mol. The van der Waals surface area contributed by atoms with E-state index in [0.717, 1.165) is 0 Å². The van der Waals surface area contributed by atoms with Crippen LogP contribution in [0, 0.1) is 0 Å². The second kappa shape index (κ2) is 6.46. The molecule has 0 rings (SSSR count). The van der Waals surface area contributed by atoms with Crippen LogP contribution in [0.25, 0.3) is 0 Å². The van der Waals surface area contributed by atoms with Gasteiger partial charge in [-0.2, -0.15) is 30.7 Å². The fraction of sp³-hybridized carbons (Fsp3) is 1.00. The molecule has 0 saturated carbocycles. The van der Waals surface area contributed by atoms with Crippen molar-refractivity contribution in [2.45, 2.75) is 55.9 Å². The molecule has 0 aromatic carbocycles. The molecule has 0 saturated heterocycles. The summed E-state index contributed by atoms with van der Waals surface area (Å²) in [5.41, 5.74) is 0. The minimum atomic E-state index is -6.51. The van der Waals surface area contributed by atoms with Crippen molar-refractivity contribution >= 4 is 10.1 Å². The molecular formula is C9H12F7O3S-. The van der Waals surface area contributed by atoms with Crippen LogP contribution >= 0.6 is 0 Å². The number of rotatable bonds is 8. The van der Waals surface area contributed by atoms with E-state index in [-0.39, 0.29) is 19.3 Å². The van der Waals surface area contributed by atoms with Gasteiger partial charge in [-0.05, 0) is 12.8 Å². The minimum absolute atomic E-state index is 0.120. The molecule has 0 radical (unpaired) electrons. The van der Waals surface area contributed by atoms with Crippen LogP contribution in [0.1, 0.15) is 38.5 Å². The number of hydrogen-bond acceptors (Lipinski definition) is 3. The third-order valence-electron chi connectivity index (χ3n) is 2.44. The summed E-state index contributed by atoms with van der Waals surface area (Å²) >= 11 is 0. The summed E-state index contributed by atoms with van der Waals surface area (Å²) < 4.78 is 116. The molecule has 20 heavy (non-hydrogen) atoms. The van der Waals surface area contributed by atoms with Gasteiger partial charge >= 0.3 is 17.4 Å². The van der Waals surface area contributed by atoms with Crippen molar-refractivity contribution in [3.63, 3.8) is 0 Å². The Balaban J connectivity index is 4.19. The number of alkyl halides is 7. The molecule has 0 spiro atoms. The molecule has 0 aliphatic carbocycles. The molecule has 0 N–H and O–H groups in total. The van der Waals surface area contributed by atoms with E-state index >= 15 is 0 Å². The second-order valence-electron chi connectivity index (χ2n) is 4.20. The zero-order valence-electron chi connectivity index (χ0n) is 10.0. The van der Waals surface area contributed by atoms with Crippen molar-refractivity contribution < 1.29 is 43.7 Å². The van der Waals surface area contributed by atoms with Crippen molar-refractivity contribution in [2.24, 2.45) is 0 Å². The van der Waals surface area contributed by atoms with Crippen LogP contribution in [0.5, 0.6) is 0 Å². The van der Waals surface area contributed by atoms with Gasteiger partial charge in [0.2, 0.25) is 0 Å². The summed E-state index contributed by atoms with van der Waals surface area (Å²) in [5, 5.41) is -5.73. The first-order valence-corrected chi connectivity index (χ1v) is 6.89. The van der Waals surface area contributed by atoms with Crippen LogP contribution in [-0.4, -0.2) is 30.3 Å². The highest BCUT2D eigenvalue weighted by Crippen LogP contribution is 2.41. The summed E-state index contributed by atoms with van der Waals surface area (Å²) in [6.45, 7) is 0. The highest BCUT2D eigenvalue weighted by Gasteiger charge is 2.60. The molecule has 0 bridgehead atoms. The smallest absolute Gasteiger partial charge is 0.396 e. The zero-order valence-corrected chi connectivity index (χ0v) is 10.8. The van der Waals surface area contributed by atoms with Gasteiger partial charge in [0.25, 0.3) is 0 Å². The first kappa shape index (κ1) is 19.4. The van der Waals surface area contributed by atoms with Gasteiger partial charge in [-0.1, -0.05) is 12.8 Å². The van der Waals surface area contributed by atoms with Crippen molar-refractivity contribution in [2.75, 3.05) is 0 Å². The number of halogens is 7. The van der Waals surface area contributed by atoms with Crippen molar-refractivity contribution in [3.05, 3.63) is 0 Å². The highest BCUT2D eigenvalue weighted by atomic mass is 32.2. The highest BCUT2D eigenvalue weighted by molar-refractivity contribution is 7.86. The topological polar surface area (TPSA) is 57.2 Å². The van der Waals surface area contributed by atoms with E-state index in [1.54, 1.807) is 0 Å². The molecule has 0 aliphatic heterocycles. The molecule has 0 unspecified atom stereocenters. The molecule has 3 nitrogen and oxygen atoms in total. The van der Waals surface area contributed by atoms with Gasteiger partial charge in [-0.15, -0.1) is 0 Å². The van der Waals surface area contributed by atoms with Crippen LogP contribution < -0.4 is 0 Å². The molecule has 122 valence electrons. The summed E-state index contributed by atoms with van der Waals surface area (Å²) in [5.74, 6) is -5.04. The first-order chi connectivity index (χ1) is 8.71. The Kier molecular flexibility index (Phi) is 6.27. The van der Waals surface area contributed by atoms with E-state index in [1.807, 2.05) is 0 Å². The Morgan fingerprint density at radius 1 is 0.750 bits per heavy atom. The third kappa shape index (κ3) is 5.81. The summed E-state index contributed by atoms with van der Waals surface area (Å²) in [6.07, 6.45) is -8.37. The average Bonchev–Trinajstić information content (AvgIpc) is 2.19. The predicted molar refractivity (Wildman–Crippen MR) is 53.3 cm³/mol. The lowest BCUT2D eigenvalue weighted by Crippen LogP contribution is -2.46. The summed E-state index contributed by atoms with van der Waals surface area (Å²) in [4.78, 5) is 0. The largest absolute Gasteiger partial charge is 0.743 e.